The quantitative estimate of drug-likeness (QED) is 0.417. The second kappa shape index (κ2) is 7.61. The Bertz CT molecular complexity index is 1040. The molecule has 3 aromatic rings. The fourth-order valence-corrected chi connectivity index (χ4v) is 2.41. The molecule has 8 heteroatoms. The van der Waals surface area contributed by atoms with E-state index in [1.54, 1.807) is 12.1 Å². The molecule has 27 heavy (non-hydrogen) atoms. The predicted octanol–water partition coefficient (Wildman–Crippen LogP) is 3.91. The minimum Gasteiger partial charge on any atom is -0.403 e. The number of aromatic nitrogens is 2. The smallest absolute Gasteiger partial charge is 0.322 e. The molecule has 0 aliphatic heterocycles. The van der Waals surface area contributed by atoms with Gasteiger partial charge in [-0.15, -0.1) is 5.10 Å². The number of carbonyl (C=O) groups is 1. The van der Waals surface area contributed by atoms with Gasteiger partial charge in [-0.25, -0.2) is 0 Å². The Labute approximate surface area is 154 Å². The maximum atomic E-state index is 12.0. The standard InChI is InChI=1S/C19H16N4O4/c1-12-6-7-13(2)16(10-12)18-21-22-19(27-18)20-17(24)9-8-14-4-3-5-15(11-14)23(25)26/h3-11H,1-2H3,(H,20,22,24). The second-order valence-corrected chi connectivity index (χ2v) is 5.91. The van der Waals surface area contributed by atoms with E-state index in [1.165, 1.54) is 24.3 Å². The first-order valence-electron chi connectivity index (χ1n) is 8.07. The Kier molecular flexibility index (Phi) is 5.07. The summed E-state index contributed by atoms with van der Waals surface area (Å²) in [6.45, 7) is 3.89. The highest BCUT2D eigenvalue weighted by Crippen LogP contribution is 2.24. The van der Waals surface area contributed by atoms with E-state index in [0.29, 0.717) is 11.5 Å². The van der Waals surface area contributed by atoms with Gasteiger partial charge in [0.05, 0.1) is 4.92 Å². The predicted molar refractivity (Wildman–Crippen MR) is 100.0 cm³/mol. The Morgan fingerprint density at radius 3 is 2.78 bits per heavy atom. The molecule has 0 unspecified atom stereocenters. The van der Waals surface area contributed by atoms with Crippen molar-refractivity contribution in [2.75, 3.05) is 5.32 Å². The molecule has 0 aliphatic carbocycles. The van der Waals surface area contributed by atoms with Gasteiger partial charge in [-0.3, -0.25) is 20.2 Å². The lowest BCUT2D eigenvalue weighted by atomic mass is 10.1. The van der Waals surface area contributed by atoms with Crippen molar-refractivity contribution >= 4 is 23.7 Å². The molecule has 1 heterocycles. The van der Waals surface area contributed by atoms with E-state index in [0.717, 1.165) is 16.7 Å². The molecule has 2 aromatic carbocycles. The van der Waals surface area contributed by atoms with E-state index in [-0.39, 0.29) is 11.7 Å². The van der Waals surface area contributed by atoms with Crippen LogP contribution in [-0.4, -0.2) is 21.0 Å². The summed E-state index contributed by atoms with van der Waals surface area (Å²) >= 11 is 0. The molecule has 0 saturated heterocycles. The van der Waals surface area contributed by atoms with E-state index in [2.05, 4.69) is 15.5 Å². The van der Waals surface area contributed by atoms with Crippen molar-refractivity contribution in [2.24, 2.45) is 0 Å². The van der Waals surface area contributed by atoms with E-state index < -0.39 is 10.8 Å². The maximum Gasteiger partial charge on any atom is 0.322 e. The van der Waals surface area contributed by atoms with Crippen molar-refractivity contribution in [2.45, 2.75) is 13.8 Å². The summed E-state index contributed by atoms with van der Waals surface area (Å²) < 4.78 is 5.50. The van der Waals surface area contributed by atoms with Gasteiger partial charge in [0.25, 0.3) is 11.6 Å². The monoisotopic (exact) mass is 364 g/mol. The largest absolute Gasteiger partial charge is 0.403 e. The third-order valence-electron chi connectivity index (χ3n) is 3.79. The number of anilines is 1. The van der Waals surface area contributed by atoms with Gasteiger partial charge in [0, 0.05) is 23.8 Å². The fourth-order valence-electron chi connectivity index (χ4n) is 2.41. The summed E-state index contributed by atoms with van der Waals surface area (Å²) in [5, 5.41) is 21.0. The lowest BCUT2D eigenvalue weighted by Gasteiger charge is -2.01. The van der Waals surface area contributed by atoms with Gasteiger partial charge in [-0.05, 0) is 37.1 Å². The van der Waals surface area contributed by atoms with Crippen LogP contribution in [0.2, 0.25) is 0 Å². The number of hydrogen-bond acceptors (Lipinski definition) is 6. The maximum absolute atomic E-state index is 12.0. The number of carbonyl (C=O) groups excluding carboxylic acids is 1. The molecule has 0 bridgehead atoms. The molecule has 136 valence electrons. The van der Waals surface area contributed by atoms with Crippen LogP contribution in [0.3, 0.4) is 0 Å². The highest BCUT2D eigenvalue weighted by Gasteiger charge is 2.12. The molecule has 0 atom stereocenters. The summed E-state index contributed by atoms with van der Waals surface area (Å²) in [7, 11) is 0. The molecule has 1 aromatic heterocycles. The highest BCUT2D eigenvalue weighted by atomic mass is 16.6. The molecule has 0 saturated carbocycles. The van der Waals surface area contributed by atoms with Crippen molar-refractivity contribution in [1.29, 1.82) is 0 Å². The highest BCUT2D eigenvalue weighted by molar-refractivity contribution is 6.00. The minimum atomic E-state index is -0.495. The van der Waals surface area contributed by atoms with Crippen molar-refractivity contribution in [3.8, 4) is 11.5 Å². The lowest BCUT2D eigenvalue weighted by molar-refractivity contribution is -0.384. The van der Waals surface area contributed by atoms with Crippen LogP contribution in [0.5, 0.6) is 0 Å². The van der Waals surface area contributed by atoms with E-state index in [9.17, 15) is 14.9 Å². The van der Waals surface area contributed by atoms with Gasteiger partial charge in [0.15, 0.2) is 0 Å². The lowest BCUT2D eigenvalue weighted by Crippen LogP contribution is -2.07. The Hall–Kier alpha value is -3.81. The average Bonchev–Trinajstić information content (AvgIpc) is 3.10. The van der Waals surface area contributed by atoms with Crippen LogP contribution >= 0.6 is 0 Å². The molecule has 0 aliphatic rings. The van der Waals surface area contributed by atoms with Crippen LogP contribution in [0.1, 0.15) is 16.7 Å². The van der Waals surface area contributed by atoms with Crippen LogP contribution in [0.25, 0.3) is 17.5 Å². The van der Waals surface area contributed by atoms with Gasteiger partial charge in [0.2, 0.25) is 5.89 Å². The van der Waals surface area contributed by atoms with Gasteiger partial charge in [-0.2, -0.15) is 0 Å². The van der Waals surface area contributed by atoms with E-state index in [4.69, 9.17) is 4.42 Å². The third kappa shape index (κ3) is 4.43. The normalized spacial score (nSPS) is 10.9. The first-order chi connectivity index (χ1) is 12.9. The van der Waals surface area contributed by atoms with Gasteiger partial charge in [-0.1, -0.05) is 34.9 Å². The number of nitro groups is 1. The molecule has 0 fully saturated rings. The first kappa shape index (κ1) is 18.0. The van der Waals surface area contributed by atoms with Crippen LogP contribution in [0.15, 0.2) is 53.0 Å². The number of amides is 1. The third-order valence-corrected chi connectivity index (χ3v) is 3.79. The second-order valence-electron chi connectivity index (χ2n) is 5.91. The molecule has 8 nitrogen and oxygen atoms in total. The average molecular weight is 364 g/mol. The molecule has 0 spiro atoms. The zero-order valence-electron chi connectivity index (χ0n) is 14.7. The van der Waals surface area contributed by atoms with Crippen LogP contribution in [0, 0.1) is 24.0 Å². The van der Waals surface area contributed by atoms with E-state index in [1.807, 2.05) is 32.0 Å². The Morgan fingerprint density at radius 1 is 1.19 bits per heavy atom. The van der Waals surface area contributed by atoms with Crippen LogP contribution < -0.4 is 5.32 Å². The number of nitro benzene ring substituents is 1. The summed E-state index contributed by atoms with van der Waals surface area (Å²) in [4.78, 5) is 22.3. The summed E-state index contributed by atoms with van der Waals surface area (Å²) in [5.41, 5.74) is 3.32. The topological polar surface area (TPSA) is 111 Å². The van der Waals surface area contributed by atoms with Crippen molar-refractivity contribution in [3.63, 3.8) is 0 Å². The molecule has 0 radical (unpaired) electrons. The van der Waals surface area contributed by atoms with Crippen molar-refractivity contribution in [1.82, 2.24) is 10.2 Å². The Balaban J connectivity index is 1.70. The van der Waals surface area contributed by atoms with Gasteiger partial charge >= 0.3 is 6.01 Å². The summed E-state index contributed by atoms with van der Waals surface area (Å²) in [6.07, 6.45) is 2.70. The molecule has 3 rings (SSSR count). The number of hydrogen-bond donors (Lipinski definition) is 1. The van der Waals surface area contributed by atoms with E-state index >= 15 is 0 Å². The summed E-state index contributed by atoms with van der Waals surface area (Å²) in [6, 6.07) is 11.8. The summed E-state index contributed by atoms with van der Waals surface area (Å²) in [5.74, 6) is -0.174. The van der Waals surface area contributed by atoms with Crippen LogP contribution in [0.4, 0.5) is 11.7 Å². The minimum absolute atomic E-state index is 0.0281. The zero-order chi connectivity index (χ0) is 19.4. The number of nitrogens with one attached hydrogen (secondary N) is 1. The van der Waals surface area contributed by atoms with Crippen molar-refractivity contribution in [3.05, 3.63) is 75.3 Å². The molecular formula is C19H16N4O4. The Morgan fingerprint density at radius 2 is 2.00 bits per heavy atom. The molecular weight excluding hydrogens is 348 g/mol. The molecule has 1 amide bonds. The fraction of sp³-hybridized carbons (Fsp3) is 0.105. The molecule has 1 N–H and O–H groups in total. The SMILES string of the molecule is Cc1ccc(C)c(-c2nnc(NC(=O)C=Cc3cccc([N+](=O)[O-])c3)o2)c1. The van der Waals surface area contributed by atoms with Crippen LogP contribution in [-0.2, 0) is 4.79 Å². The number of nitrogens with zero attached hydrogens (tertiary/aromatic N) is 3. The van der Waals surface area contributed by atoms with Gasteiger partial charge < -0.3 is 4.42 Å². The number of benzene rings is 2. The number of non-ortho nitro benzene ring substituents is 1. The number of rotatable bonds is 5. The van der Waals surface area contributed by atoms with Crippen molar-refractivity contribution < 1.29 is 14.1 Å². The van der Waals surface area contributed by atoms with Gasteiger partial charge in [0.1, 0.15) is 0 Å². The first-order valence-corrected chi connectivity index (χ1v) is 8.07. The number of aryl methyl sites for hydroxylation is 2. The zero-order valence-corrected chi connectivity index (χ0v) is 14.7.